The lowest BCUT2D eigenvalue weighted by Gasteiger charge is -2.32. The molecular formula is C30H39N5O. The van der Waals surface area contributed by atoms with E-state index >= 15 is 0 Å². The zero-order chi connectivity index (χ0) is 25.1. The molecule has 3 aliphatic rings. The third-order valence-corrected chi connectivity index (χ3v) is 8.49. The molecule has 2 aliphatic carbocycles. The standard InChI is InChI=1S/C30H39N5O/c1-34-15-17-35(18-16-34)28-20-27(28)25-11-9-24(10-12-25)23-7-5-22(6-8-23)19-26(21-31)33-29(36)30(32)13-3-2-4-14-30/h5-12,26-28H,2-4,13-20,32H2,1H3,(H,33,36). The number of amides is 1. The molecule has 1 aliphatic heterocycles. The van der Waals surface area contributed by atoms with Crippen molar-refractivity contribution in [2.45, 2.75) is 68.5 Å². The predicted octanol–water partition coefficient (Wildman–Crippen LogP) is 3.67. The van der Waals surface area contributed by atoms with Crippen molar-refractivity contribution in [1.82, 2.24) is 15.1 Å². The molecule has 0 radical (unpaired) electrons. The average molecular weight is 486 g/mol. The van der Waals surface area contributed by atoms with E-state index in [-0.39, 0.29) is 5.91 Å². The van der Waals surface area contributed by atoms with E-state index in [2.05, 4.69) is 76.8 Å². The Kier molecular flexibility index (Phi) is 7.43. The van der Waals surface area contributed by atoms with Gasteiger partial charge in [-0.1, -0.05) is 67.8 Å². The summed E-state index contributed by atoms with van der Waals surface area (Å²) in [6, 6.07) is 19.8. The maximum absolute atomic E-state index is 12.7. The molecule has 3 N–H and O–H groups in total. The van der Waals surface area contributed by atoms with Gasteiger partial charge in [0, 0.05) is 44.6 Å². The molecule has 2 aromatic carbocycles. The smallest absolute Gasteiger partial charge is 0.241 e. The first-order valence-electron chi connectivity index (χ1n) is 13.6. The Hall–Kier alpha value is -2.72. The third kappa shape index (κ3) is 5.64. The second kappa shape index (κ2) is 10.7. The molecular weight excluding hydrogens is 446 g/mol. The highest BCUT2D eigenvalue weighted by Crippen LogP contribution is 2.45. The van der Waals surface area contributed by atoms with Gasteiger partial charge in [0.15, 0.2) is 0 Å². The van der Waals surface area contributed by atoms with Crippen molar-refractivity contribution in [3.63, 3.8) is 0 Å². The number of carbonyl (C=O) groups excluding carboxylic acids is 1. The minimum absolute atomic E-state index is 0.184. The number of nitriles is 1. The van der Waals surface area contributed by atoms with Crippen LogP contribution in [-0.4, -0.2) is 66.6 Å². The van der Waals surface area contributed by atoms with Gasteiger partial charge in [-0.3, -0.25) is 9.69 Å². The zero-order valence-electron chi connectivity index (χ0n) is 21.5. The van der Waals surface area contributed by atoms with Crippen LogP contribution in [0, 0.1) is 11.3 Å². The van der Waals surface area contributed by atoms with Gasteiger partial charge in [-0.25, -0.2) is 0 Å². The van der Waals surface area contributed by atoms with Crippen LogP contribution in [-0.2, 0) is 11.2 Å². The van der Waals surface area contributed by atoms with E-state index in [0.29, 0.717) is 31.2 Å². The van der Waals surface area contributed by atoms with Gasteiger partial charge in [0.2, 0.25) is 5.91 Å². The second-order valence-corrected chi connectivity index (χ2v) is 11.1. The summed E-state index contributed by atoms with van der Waals surface area (Å²) < 4.78 is 0. The number of nitrogens with two attached hydrogens (primary N) is 1. The minimum atomic E-state index is -0.825. The number of hydrogen-bond acceptors (Lipinski definition) is 5. The lowest BCUT2D eigenvalue weighted by molar-refractivity contribution is -0.127. The Bertz CT molecular complexity index is 1080. The Balaban J connectivity index is 1.15. The van der Waals surface area contributed by atoms with E-state index in [0.717, 1.165) is 30.4 Å². The molecule has 2 aromatic rings. The Morgan fingerprint density at radius 1 is 1.03 bits per heavy atom. The highest BCUT2D eigenvalue weighted by molar-refractivity contribution is 5.86. The van der Waals surface area contributed by atoms with Crippen molar-refractivity contribution in [2.24, 2.45) is 5.73 Å². The van der Waals surface area contributed by atoms with E-state index in [9.17, 15) is 10.1 Å². The molecule has 1 saturated heterocycles. The molecule has 190 valence electrons. The summed E-state index contributed by atoms with van der Waals surface area (Å²) >= 11 is 0. The van der Waals surface area contributed by atoms with E-state index in [4.69, 9.17) is 5.73 Å². The van der Waals surface area contributed by atoms with E-state index in [1.165, 1.54) is 43.7 Å². The number of likely N-dealkylation sites (N-methyl/N-ethyl adjacent to an activating group) is 1. The number of piperazine rings is 1. The van der Waals surface area contributed by atoms with Gasteiger partial charge in [-0.2, -0.15) is 5.26 Å². The van der Waals surface area contributed by atoms with Crippen LogP contribution in [0.4, 0.5) is 0 Å². The van der Waals surface area contributed by atoms with Gasteiger partial charge in [0.05, 0.1) is 11.6 Å². The van der Waals surface area contributed by atoms with E-state index < -0.39 is 11.6 Å². The Labute approximate surface area is 215 Å². The van der Waals surface area contributed by atoms with Crippen LogP contribution in [0.2, 0.25) is 0 Å². The monoisotopic (exact) mass is 485 g/mol. The fourth-order valence-corrected chi connectivity index (χ4v) is 5.93. The lowest BCUT2D eigenvalue weighted by Crippen LogP contribution is -2.57. The Morgan fingerprint density at radius 3 is 2.25 bits per heavy atom. The van der Waals surface area contributed by atoms with Crippen LogP contribution >= 0.6 is 0 Å². The first-order valence-corrected chi connectivity index (χ1v) is 13.6. The molecule has 2 saturated carbocycles. The first-order chi connectivity index (χ1) is 17.4. The molecule has 0 aromatic heterocycles. The number of nitrogens with one attached hydrogen (secondary N) is 1. The van der Waals surface area contributed by atoms with Gasteiger partial charge in [0.25, 0.3) is 0 Å². The van der Waals surface area contributed by atoms with Gasteiger partial charge in [-0.05, 0) is 48.6 Å². The predicted molar refractivity (Wildman–Crippen MR) is 143 cm³/mol. The van der Waals surface area contributed by atoms with Crippen molar-refractivity contribution in [3.8, 4) is 17.2 Å². The maximum atomic E-state index is 12.7. The highest BCUT2D eigenvalue weighted by Gasteiger charge is 2.43. The number of carbonyl (C=O) groups is 1. The van der Waals surface area contributed by atoms with Crippen LogP contribution in [0.25, 0.3) is 11.1 Å². The van der Waals surface area contributed by atoms with Crippen molar-refractivity contribution < 1.29 is 4.79 Å². The van der Waals surface area contributed by atoms with Crippen molar-refractivity contribution >= 4 is 5.91 Å². The van der Waals surface area contributed by atoms with Crippen molar-refractivity contribution in [2.75, 3.05) is 33.2 Å². The summed E-state index contributed by atoms with van der Waals surface area (Å²) in [5, 5.41) is 12.5. The highest BCUT2D eigenvalue weighted by atomic mass is 16.2. The summed E-state index contributed by atoms with van der Waals surface area (Å²) in [4.78, 5) is 17.8. The van der Waals surface area contributed by atoms with Gasteiger partial charge >= 0.3 is 0 Å². The minimum Gasteiger partial charge on any atom is -0.338 e. The van der Waals surface area contributed by atoms with Crippen LogP contribution < -0.4 is 11.1 Å². The zero-order valence-corrected chi connectivity index (χ0v) is 21.5. The SMILES string of the molecule is CN1CCN(C2CC2c2ccc(-c3ccc(CC(C#N)NC(=O)C4(N)CCCCC4)cc3)cc2)CC1. The fourth-order valence-electron chi connectivity index (χ4n) is 5.93. The molecule has 6 heteroatoms. The summed E-state index contributed by atoms with van der Waals surface area (Å²) in [5.41, 5.74) is 10.4. The summed E-state index contributed by atoms with van der Waals surface area (Å²) in [6.45, 7) is 4.72. The quantitative estimate of drug-likeness (QED) is 0.625. The maximum Gasteiger partial charge on any atom is 0.241 e. The second-order valence-electron chi connectivity index (χ2n) is 11.1. The summed E-state index contributed by atoms with van der Waals surface area (Å²) in [6.07, 6.45) is 6.22. The molecule has 3 atom stereocenters. The van der Waals surface area contributed by atoms with Crippen LogP contribution in [0.5, 0.6) is 0 Å². The van der Waals surface area contributed by atoms with Gasteiger partial charge in [-0.15, -0.1) is 0 Å². The average Bonchev–Trinajstić information content (AvgIpc) is 3.71. The normalized spacial score (nSPS) is 25.0. The van der Waals surface area contributed by atoms with Crippen LogP contribution in [0.3, 0.4) is 0 Å². The largest absolute Gasteiger partial charge is 0.338 e. The number of benzene rings is 2. The molecule has 1 amide bonds. The topological polar surface area (TPSA) is 85.4 Å². The van der Waals surface area contributed by atoms with E-state index in [1.54, 1.807) is 0 Å². The Morgan fingerprint density at radius 2 is 1.64 bits per heavy atom. The summed E-state index contributed by atoms with van der Waals surface area (Å²) in [7, 11) is 2.21. The van der Waals surface area contributed by atoms with Crippen LogP contribution in [0.1, 0.15) is 55.6 Å². The lowest BCUT2D eigenvalue weighted by atomic mass is 9.81. The molecule has 6 nitrogen and oxygen atoms in total. The summed E-state index contributed by atoms with van der Waals surface area (Å²) in [5.74, 6) is 0.486. The molecule has 36 heavy (non-hydrogen) atoms. The number of rotatable bonds is 7. The molecule has 1 heterocycles. The first kappa shape index (κ1) is 25.0. The molecule has 3 fully saturated rings. The molecule has 0 spiro atoms. The van der Waals surface area contributed by atoms with Crippen molar-refractivity contribution in [3.05, 3.63) is 59.7 Å². The molecule has 0 bridgehead atoms. The van der Waals surface area contributed by atoms with Gasteiger partial charge in [0.1, 0.15) is 6.04 Å². The van der Waals surface area contributed by atoms with E-state index in [1.807, 2.05) is 0 Å². The number of hydrogen-bond donors (Lipinski definition) is 2. The molecule has 3 unspecified atom stereocenters. The third-order valence-electron chi connectivity index (χ3n) is 8.49. The number of nitrogens with zero attached hydrogens (tertiary/aromatic N) is 3. The van der Waals surface area contributed by atoms with Gasteiger partial charge < -0.3 is 16.0 Å². The van der Waals surface area contributed by atoms with Crippen LogP contribution in [0.15, 0.2) is 48.5 Å². The fraction of sp³-hybridized carbons (Fsp3) is 0.533. The van der Waals surface area contributed by atoms with Crippen molar-refractivity contribution in [1.29, 1.82) is 5.26 Å². The molecule has 5 rings (SSSR count).